The average molecular weight is 359 g/mol. The highest BCUT2D eigenvalue weighted by Gasteiger charge is 2.14. The number of hydrogen-bond donors (Lipinski definition) is 0. The topological polar surface area (TPSA) is 39.9 Å². The van der Waals surface area contributed by atoms with Crippen molar-refractivity contribution in [3.05, 3.63) is 66.1 Å². The van der Waals surface area contributed by atoms with Crippen molar-refractivity contribution >= 4 is 21.9 Å². The number of pyridine rings is 1. The molecule has 0 amide bonds. The average Bonchev–Trinajstić information content (AvgIpc) is 3.04. The fourth-order valence-electron chi connectivity index (χ4n) is 3.50. The zero-order valence-electron chi connectivity index (χ0n) is 16.1. The Balaban J connectivity index is 1.73. The molecule has 4 nitrogen and oxygen atoms in total. The van der Waals surface area contributed by atoms with Gasteiger partial charge in [0.15, 0.2) is 0 Å². The van der Waals surface area contributed by atoms with E-state index < -0.39 is 0 Å². The molecule has 0 aliphatic rings. The normalized spacial score (nSPS) is 11.6. The molecular weight excluding hydrogens is 334 g/mol. The molecule has 4 heteroatoms. The van der Waals surface area contributed by atoms with Gasteiger partial charge >= 0.3 is 0 Å². The largest absolute Gasteiger partial charge is 0.489 e. The van der Waals surface area contributed by atoms with Gasteiger partial charge in [0.25, 0.3) is 0 Å². The summed E-state index contributed by atoms with van der Waals surface area (Å²) >= 11 is 0. The lowest BCUT2D eigenvalue weighted by Crippen LogP contribution is -2.08. The fourth-order valence-corrected chi connectivity index (χ4v) is 3.50. The second-order valence-corrected chi connectivity index (χ2v) is 7.33. The minimum atomic E-state index is 0.555. The van der Waals surface area contributed by atoms with E-state index in [1.165, 1.54) is 5.52 Å². The van der Waals surface area contributed by atoms with Crippen molar-refractivity contribution in [1.82, 2.24) is 14.5 Å². The van der Waals surface area contributed by atoms with E-state index >= 15 is 0 Å². The number of imidazole rings is 1. The Labute approximate surface area is 159 Å². The van der Waals surface area contributed by atoms with Crippen molar-refractivity contribution < 1.29 is 4.74 Å². The maximum Gasteiger partial charge on any atom is 0.122 e. The highest BCUT2D eigenvalue weighted by atomic mass is 16.5. The van der Waals surface area contributed by atoms with Gasteiger partial charge in [0.1, 0.15) is 23.7 Å². The summed E-state index contributed by atoms with van der Waals surface area (Å²) in [6.45, 7) is 8.16. The van der Waals surface area contributed by atoms with Crippen LogP contribution in [0.3, 0.4) is 0 Å². The monoisotopic (exact) mass is 359 g/mol. The van der Waals surface area contributed by atoms with Crippen LogP contribution in [-0.4, -0.2) is 14.5 Å². The third-order valence-electron chi connectivity index (χ3n) is 4.74. The van der Waals surface area contributed by atoms with Gasteiger partial charge in [-0.25, -0.2) is 4.98 Å². The standard InChI is InChI=1S/C23H25N3O/c1-4-22-25-21-13-24-20-12-18(27-15-17-8-6-5-7-9-17)10-11-19(20)23(21)26(22)14-16(2)3/h5-13,16H,4,14-15H2,1-3H3. The van der Waals surface area contributed by atoms with E-state index in [0.29, 0.717) is 12.5 Å². The molecule has 0 aliphatic heterocycles. The summed E-state index contributed by atoms with van der Waals surface area (Å²) in [6, 6.07) is 16.4. The predicted molar refractivity (Wildman–Crippen MR) is 110 cm³/mol. The predicted octanol–water partition coefficient (Wildman–Crippen LogP) is 5.38. The zero-order valence-corrected chi connectivity index (χ0v) is 16.1. The summed E-state index contributed by atoms with van der Waals surface area (Å²) in [5.74, 6) is 2.52. The molecule has 0 atom stereocenters. The third-order valence-corrected chi connectivity index (χ3v) is 4.74. The summed E-state index contributed by atoms with van der Waals surface area (Å²) in [6.07, 6.45) is 2.80. The van der Waals surface area contributed by atoms with Crippen molar-refractivity contribution in [3.8, 4) is 5.75 Å². The molecule has 4 aromatic rings. The molecule has 27 heavy (non-hydrogen) atoms. The van der Waals surface area contributed by atoms with E-state index in [0.717, 1.165) is 46.5 Å². The van der Waals surface area contributed by atoms with Gasteiger partial charge in [-0.3, -0.25) is 4.98 Å². The minimum Gasteiger partial charge on any atom is -0.489 e. The summed E-state index contributed by atoms with van der Waals surface area (Å²) in [5, 5.41) is 1.13. The van der Waals surface area contributed by atoms with Crippen LogP contribution in [0.4, 0.5) is 0 Å². The molecule has 0 saturated heterocycles. The van der Waals surface area contributed by atoms with Gasteiger partial charge < -0.3 is 9.30 Å². The fraction of sp³-hybridized carbons (Fsp3) is 0.304. The van der Waals surface area contributed by atoms with Crippen LogP contribution in [0.2, 0.25) is 0 Å². The van der Waals surface area contributed by atoms with Gasteiger partial charge in [0, 0.05) is 24.4 Å². The maximum atomic E-state index is 5.97. The number of hydrogen-bond acceptors (Lipinski definition) is 3. The number of rotatable bonds is 6. The number of benzene rings is 2. The molecule has 0 saturated carbocycles. The van der Waals surface area contributed by atoms with Crippen LogP contribution in [0.15, 0.2) is 54.7 Å². The van der Waals surface area contributed by atoms with E-state index in [-0.39, 0.29) is 0 Å². The van der Waals surface area contributed by atoms with Gasteiger partial charge in [-0.1, -0.05) is 51.1 Å². The van der Waals surface area contributed by atoms with Crippen molar-refractivity contribution in [1.29, 1.82) is 0 Å². The van der Waals surface area contributed by atoms with Crippen LogP contribution in [0, 0.1) is 5.92 Å². The molecule has 0 bridgehead atoms. The van der Waals surface area contributed by atoms with Gasteiger partial charge in [0.2, 0.25) is 0 Å². The van der Waals surface area contributed by atoms with Crippen molar-refractivity contribution in [2.45, 2.75) is 40.3 Å². The van der Waals surface area contributed by atoms with Crippen molar-refractivity contribution in [2.24, 2.45) is 5.92 Å². The van der Waals surface area contributed by atoms with Crippen LogP contribution in [0.25, 0.3) is 21.9 Å². The second kappa shape index (κ2) is 7.39. The molecule has 0 unspecified atom stereocenters. The second-order valence-electron chi connectivity index (χ2n) is 7.33. The van der Waals surface area contributed by atoms with E-state index in [4.69, 9.17) is 9.72 Å². The van der Waals surface area contributed by atoms with E-state index in [2.05, 4.69) is 48.5 Å². The van der Waals surface area contributed by atoms with Gasteiger partial charge in [-0.15, -0.1) is 0 Å². The molecule has 4 rings (SSSR count). The van der Waals surface area contributed by atoms with Crippen LogP contribution in [-0.2, 0) is 19.6 Å². The first kappa shape index (κ1) is 17.5. The lowest BCUT2D eigenvalue weighted by atomic mass is 10.1. The Bertz CT molecular complexity index is 1070. The Hall–Kier alpha value is -2.88. The van der Waals surface area contributed by atoms with Gasteiger partial charge in [-0.2, -0.15) is 0 Å². The highest BCUT2D eigenvalue weighted by Crippen LogP contribution is 2.28. The summed E-state index contributed by atoms with van der Waals surface area (Å²) < 4.78 is 8.33. The maximum absolute atomic E-state index is 5.97. The number of aryl methyl sites for hydroxylation is 1. The molecule has 0 N–H and O–H groups in total. The summed E-state index contributed by atoms with van der Waals surface area (Å²) in [4.78, 5) is 9.44. The Kier molecular flexibility index (Phi) is 4.80. The highest BCUT2D eigenvalue weighted by molar-refractivity contribution is 6.02. The zero-order chi connectivity index (χ0) is 18.8. The molecule has 2 aromatic carbocycles. The molecule has 2 heterocycles. The first-order valence-electron chi connectivity index (χ1n) is 9.60. The van der Waals surface area contributed by atoms with Crippen LogP contribution in [0.5, 0.6) is 5.75 Å². The van der Waals surface area contributed by atoms with Gasteiger partial charge in [-0.05, 0) is 23.6 Å². The lowest BCUT2D eigenvalue weighted by Gasteiger charge is -2.12. The summed E-state index contributed by atoms with van der Waals surface area (Å²) in [5.41, 5.74) is 4.25. The number of ether oxygens (including phenoxy) is 1. The SMILES string of the molecule is CCc1nc2cnc3cc(OCc4ccccc4)ccc3c2n1CC(C)C. The van der Waals surface area contributed by atoms with Crippen molar-refractivity contribution in [2.75, 3.05) is 0 Å². The molecular formula is C23H25N3O. The quantitative estimate of drug-likeness (QED) is 0.464. The molecule has 138 valence electrons. The van der Waals surface area contributed by atoms with E-state index in [1.54, 1.807) is 0 Å². The Morgan fingerprint density at radius 3 is 2.59 bits per heavy atom. The Morgan fingerprint density at radius 1 is 1.04 bits per heavy atom. The first-order valence-corrected chi connectivity index (χ1v) is 9.60. The third kappa shape index (κ3) is 3.52. The molecule has 0 fully saturated rings. The number of nitrogens with zero attached hydrogens (tertiary/aromatic N) is 3. The minimum absolute atomic E-state index is 0.555. The van der Waals surface area contributed by atoms with Crippen LogP contribution >= 0.6 is 0 Å². The first-order chi connectivity index (χ1) is 13.2. The smallest absolute Gasteiger partial charge is 0.122 e. The van der Waals surface area contributed by atoms with Crippen LogP contribution < -0.4 is 4.74 Å². The molecule has 0 aliphatic carbocycles. The van der Waals surface area contributed by atoms with Crippen molar-refractivity contribution in [3.63, 3.8) is 0 Å². The van der Waals surface area contributed by atoms with E-state index in [1.807, 2.05) is 36.5 Å². The van der Waals surface area contributed by atoms with Crippen LogP contribution in [0.1, 0.15) is 32.2 Å². The molecule has 0 spiro atoms. The lowest BCUT2D eigenvalue weighted by molar-refractivity contribution is 0.306. The van der Waals surface area contributed by atoms with E-state index in [9.17, 15) is 0 Å². The summed E-state index contributed by atoms with van der Waals surface area (Å²) in [7, 11) is 0. The molecule has 0 radical (unpaired) electrons. The number of aromatic nitrogens is 3. The number of fused-ring (bicyclic) bond motifs is 3. The Morgan fingerprint density at radius 2 is 1.85 bits per heavy atom. The van der Waals surface area contributed by atoms with Gasteiger partial charge in [0.05, 0.1) is 17.2 Å². The molecule has 2 aromatic heterocycles.